The number of ether oxygens (including phenoxy) is 1. The Morgan fingerprint density at radius 2 is 1.09 bits per heavy atom. The highest BCUT2D eigenvalue weighted by atomic mass is 32.2. The lowest BCUT2D eigenvalue weighted by Gasteiger charge is -2.13. The molecule has 0 N–H and O–H groups in total. The predicted octanol–water partition coefficient (Wildman–Crippen LogP) is 3.47. The molecule has 0 saturated carbocycles. The standard InChI is InChI=1S/C6H6OS4/c1-2-9-5(8-1)7-6-10-3-4-11-6/h1-6H. The minimum atomic E-state index is 0.278. The van der Waals surface area contributed by atoms with Gasteiger partial charge in [0.05, 0.1) is 0 Å². The highest BCUT2D eigenvalue weighted by Gasteiger charge is 2.20. The van der Waals surface area contributed by atoms with E-state index >= 15 is 0 Å². The van der Waals surface area contributed by atoms with Gasteiger partial charge in [-0.25, -0.2) is 0 Å². The van der Waals surface area contributed by atoms with Gasteiger partial charge in [-0.3, -0.25) is 0 Å². The fourth-order valence-electron chi connectivity index (χ4n) is 0.668. The Kier molecular flexibility index (Phi) is 3.21. The van der Waals surface area contributed by atoms with Crippen LogP contribution >= 0.6 is 47.0 Å². The Hall–Kier alpha value is 0.840. The zero-order chi connectivity index (χ0) is 7.52. The summed E-state index contributed by atoms with van der Waals surface area (Å²) in [6.45, 7) is 0. The van der Waals surface area contributed by atoms with E-state index in [0.29, 0.717) is 0 Å². The van der Waals surface area contributed by atoms with Gasteiger partial charge >= 0.3 is 0 Å². The average molecular weight is 222 g/mol. The second-order valence-electron chi connectivity index (χ2n) is 1.80. The Balaban J connectivity index is 1.73. The van der Waals surface area contributed by atoms with Crippen LogP contribution in [-0.2, 0) is 4.74 Å². The van der Waals surface area contributed by atoms with Gasteiger partial charge in [-0.1, -0.05) is 47.0 Å². The fourth-order valence-corrected chi connectivity index (χ4v) is 4.47. The van der Waals surface area contributed by atoms with Gasteiger partial charge < -0.3 is 4.74 Å². The molecule has 2 heterocycles. The second kappa shape index (κ2) is 4.18. The van der Waals surface area contributed by atoms with Crippen LogP contribution in [0.25, 0.3) is 0 Å². The zero-order valence-corrected chi connectivity index (χ0v) is 8.77. The molecule has 1 nitrogen and oxygen atoms in total. The first-order chi connectivity index (χ1) is 5.45. The highest BCUT2D eigenvalue weighted by molar-refractivity contribution is 8.23. The summed E-state index contributed by atoms with van der Waals surface area (Å²) >= 11 is 6.94. The summed E-state index contributed by atoms with van der Waals surface area (Å²) in [6, 6.07) is 0. The van der Waals surface area contributed by atoms with Crippen LogP contribution in [0.15, 0.2) is 21.6 Å². The van der Waals surface area contributed by atoms with E-state index in [1.54, 1.807) is 47.0 Å². The SMILES string of the molecule is C1=CSC(OC2SC=CS2)S1. The molecule has 11 heavy (non-hydrogen) atoms. The summed E-state index contributed by atoms with van der Waals surface area (Å²) in [5, 5.41) is 8.31. The molecule has 60 valence electrons. The van der Waals surface area contributed by atoms with Crippen molar-refractivity contribution < 1.29 is 4.74 Å². The number of hydrogen-bond acceptors (Lipinski definition) is 5. The summed E-state index contributed by atoms with van der Waals surface area (Å²) in [5.41, 5.74) is 0. The number of thioether (sulfide) groups is 4. The van der Waals surface area contributed by atoms with Gasteiger partial charge in [0.1, 0.15) is 0 Å². The molecule has 0 aliphatic carbocycles. The minimum absolute atomic E-state index is 0.278. The molecular formula is C6H6OS4. The number of rotatable bonds is 2. The lowest BCUT2D eigenvalue weighted by molar-refractivity contribution is 0.198. The first kappa shape index (κ1) is 8.44. The molecule has 0 amide bonds. The second-order valence-corrected chi connectivity index (χ2v) is 6.29. The highest BCUT2D eigenvalue weighted by Crippen LogP contribution is 2.41. The van der Waals surface area contributed by atoms with Gasteiger partial charge in [-0.05, 0) is 21.6 Å². The molecule has 0 aromatic carbocycles. The summed E-state index contributed by atoms with van der Waals surface area (Å²) in [6.07, 6.45) is 0. The molecule has 0 aromatic heterocycles. The van der Waals surface area contributed by atoms with Crippen LogP contribution in [0.4, 0.5) is 0 Å². The van der Waals surface area contributed by atoms with E-state index < -0.39 is 0 Å². The van der Waals surface area contributed by atoms with Gasteiger partial charge in [0.15, 0.2) is 9.54 Å². The van der Waals surface area contributed by atoms with Crippen LogP contribution < -0.4 is 0 Å². The summed E-state index contributed by atoms with van der Waals surface area (Å²) in [7, 11) is 0. The van der Waals surface area contributed by atoms with Crippen molar-refractivity contribution in [3.8, 4) is 0 Å². The van der Waals surface area contributed by atoms with Crippen LogP contribution in [0.2, 0.25) is 0 Å². The molecule has 0 bridgehead atoms. The average Bonchev–Trinajstić information content (AvgIpc) is 2.60. The molecule has 2 aliphatic heterocycles. The molecule has 0 radical (unpaired) electrons. The molecule has 0 atom stereocenters. The zero-order valence-electron chi connectivity index (χ0n) is 5.51. The van der Waals surface area contributed by atoms with Crippen molar-refractivity contribution >= 4 is 47.0 Å². The molecule has 2 aliphatic rings. The van der Waals surface area contributed by atoms with Gasteiger partial charge in [0.25, 0.3) is 0 Å². The summed E-state index contributed by atoms with van der Waals surface area (Å²) < 4.78 is 6.25. The van der Waals surface area contributed by atoms with Gasteiger partial charge in [-0.15, -0.1) is 0 Å². The largest absolute Gasteiger partial charge is 0.332 e. The molecule has 0 spiro atoms. The van der Waals surface area contributed by atoms with Crippen LogP contribution in [-0.4, -0.2) is 9.54 Å². The summed E-state index contributed by atoms with van der Waals surface area (Å²) in [4.78, 5) is 0. The summed E-state index contributed by atoms with van der Waals surface area (Å²) in [5.74, 6) is 0. The lowest BCUT2D eigenvalue weighted by Crippen LogP contribution is -2.06. The van der Waals surface area contributed by atoms with Crippen molar-refractivity contribution in [2.24, 2.45) is 0 Å². The Morgan fingerprint density at radius 3 is 1.45 bits per heavy atom. The molecule has 0 saturated heterocycles. The van der Waals surface area contributed by atoms with Crippen LogP contribution in [0.3, 0.4) is 0 Å². The van der Waals surface area contributed by atoms with E-state index in [0.717, 1.165) is 0 Å². The molecule has 0 unspecified atom stereocenters. The topological polar surface area (TPSA) is 9.23 Å². The van der Waals surface area contributed by atoms with E-state index in [2.05, 4.69) is 21.6 Å². The van der Waals surface area contributed by atoms with Crippen molar-refractivity contribution in [3.63, 3.8) is 0 Å². The van der Waals surface area contributed by atoms with E-state index in [-0.39, 0.29) is 9.54 Å². The molecule has 0 aromatic rings. The molecule has 2 rings (SSSR count). The van der Waals surface area contributed by atoms with Crippen molar-refractivity contribution in [2.75, 3.05) is 0 Å². The normalized spacial score (nSPS) is 25.5. The maximum Gasteiger partial charge on any atom is 0.160 e. The fraction of sp³-hybridized carbons (Fsp3) is 0.333. The van der Waals surface area contributed by atoms with Gasteiger partial charge in [0, 0.05) is 0 Å². The quantitative estimate of drug-likeness (QED) is 0.705. The van der Waals surface area contributed by atoms with Crippen molar-refractivity contribution in [2.45, 2.75) is 9.54 Å². The first-order valence-electron chi connectivity index (χ1n) is 3.02. The van der Waals surface area contributed by atoms with Crippen LogP contribution in [0.1, 0.15) is 0 Å². The van der Waals surface area contributed by atoms with Crippen molar-refractivity contribution in [1.82, 2.24) is 0 Å². The van der Waals surface area contributed by atoms with E-state index in [4.69, 9.17) is 4.74 Å². The monoisotopic (exact) mass is 222 g/mol. The smallest absolute Gasteiger partial charge is 0.160 e. The Labute approximate surface area is 82.8 Å². The lowest BCUT2D eigenvalue weighted by atomic mass is 11.3. The maximum absolute atomic E-state index is 5.70. The van der Waals surface area contributed by atoms with E-state index in [9.17, 15) is 0 Å². The Bertz CT molecular complexity index is 155. The minimum Gasteiger partial charge on any atom is -0.332 e. The number of hydrogen-bond donors (Lipinski definition) is 0. The van der Waals surface area contributed by atoms with E-state index in [1.165, 1.54) is 0 Å². The first-order valence-corrected chi connectivity index (χ1v) is 6.79. The van der Waals surface area contributed by atoms with Crippen molar-refractivity contribution in [1.29, 1.82) is 0 Å². The molecule has 0 fully saturated rings. The molecular weight excluding hydrogens is 216 g/mol. The molecule has 5 heteroatoms. The third-order valence-corrected chi connectivity index (χ3v) is 5.28. The van der Waals surface area contributed by atoms with Gasteiger partial charge in [0.2, 0.25) is 0 Å². The van der Waals surface area contributed by atoms with Gasteiger partial charge in [-0.2, -0.15) is 0 Å². The maximum atomic E-state index is 5.70. The third kappa shape index (κ3) is 2.39. The van der Waals surface area contributed by atoms with E-state index in [1.807, 2.05) is 0 Å². The predicted molar refractivity (Wildman–Crippen MR) is 57.3 cm³/mol. The van der Waals surface area contributed by atoms with Crippen molar-refractivity contribution in [3.05, 3.63) is 21.6 Å². The third-order valence-electron chi connectivity index (χ3n) is 1.09. The van der Waals surface area contributed by atoms with Crippen LogP contribution in [0.5, 0.6) is 0 Å². The Morgan fingerprint density at radius 1 is 0.727 bits per heavy atom. The van der Waals surface area contributed by atoms with Crippen LogP contribution in [0, 0.1) is 0 Å².